The van der Waals surface area contributed by atoms with Gasteiger partial charge in [-0.25, -0.2) is 4.98 Å². The van der Waals surface area contributed by atoms with Gasteiger partial charge in [0.2, 0.25) is 0 Å². The molecule has 20 heavy (non-hydrogen) atoms. The van der Waals surface area contributed by atoms with Gasteiger partial charge in [-0.15, -0.1) is 0 Å². The minimum atomic E-state index is -0.169. The summed E-state index contributed by atoms with van der Waals surface area (Å²) in [6.07, 6.45) is 0. The van der Waals surface area contributed by atoms with Crippen LogP contribution in [0.15, 0.2) is 29.6 Å². The lowest BCUT2D eigenvalue weighted by atomic mass is 9.86. The van der Waals surface area contributed by atoms with Gasteiger partial charge in [0, 0.05) is 0 Å². The Balaban J connectivity index is 2.58. The zero-order valence-electron chi connectivity index (χ0n) is 12.4. The van der Waals surface area contributed by atoms with E-state index in [0.717, 1.165) is 5.56 Å². The molecule has 1 N–H and O–H groups in total. The molecule has 0 atom stereocenters. The molecule has 0 spiro atoms. The Morgan fingerprint density at radius 2 is 2.10 bits per heavy atom. The Morgan fingerprint density at radius 1 is 1.40 bits per heavy atom. The van der Waals surface area contributed by atoms with Gasteiger partial charge >= 0.3 is 0 Å². The Hall–Kier alpha value is -2.10. The summed E-state index contributed by atoms with van der Waals surface area (Å²) >= 11 is 0. The number of fused-ring (bicyclic) bond motifs is 1. The molecule has 0 saturated carbocycles. The third-order valence-electron chi connectivity index (χ3n) is 3.15. The topological polar surface area (TPSA) is 55.0 Å². The molecule has 0 bridgehead atoms. The highest BCUT2D eigenvalue weighted by Gasteiger charge is 2.15. The van der Waals surface area contributed by atoms with Crippen LogP contribution in [-0.4, -0.2) is 16.6 Å². The molecule has 0 fully saturated rings. The molecule has 2 rings (SSSR count). The van der Waals surface area contributed by atoms with E-state index in [0.29, 0.717) is 29.1 Å². The van der Waals surface area contributed by atoms with E-state index in [1.807, 2.05) is 25.1 Å². The fourth-order valence-corrected chi connectivity index (χ4v) is 1.98. The molecule has 0 aliphatic heterocycles. The van der Waals surface area contributed by atoms with E-state index in [1.54, 1.807) is 0 Å². The number of aromatic amines is 1. The highest BCUT2D eigenvalue weighted by atomic mass is 16.5. The first-order valence-electron chi connectivity index (χ1n) is 6.69. The quantitative estimate of drug-likeness (QED) is 0.873. The number of hydrogen-bond donors (Lipinski definition) is 1. The molecule has 2 aromatic rings. The van der Waals surface area contributed by atoms with Gasteiger partial charge < -0.3 is 9.72 Å². The summed E-state index contributed by atoms with van der Waals surface area (Å²) in [4.78, 5) is 19.3. The third kappa shape index (κ3) is 2.74. The van der Waals surface area contributed by atoms with Crippen LogP contribution in [0.25, 0.3) is 16.7 Å². The molecule has 4 heteroatoms. The molecule has 106 valence electrons. The second-order valence-electron chi connectivity index (χ2n) is 5.75. The van der Waals surface area contributed by atoms with E-state index in [9.17, 15) is 4.79 Å². The predicted molar refractivity (Wildman–Crippen MR) is 81.7 cm³/mol. The largest absolute Gasteiger partial charge is 0.491 e. The maximum atomic E-state index is 12.2. The normalized spacial score (nSPS) is 11.6. The lowest BCUT2D eigenvalue weighted by Gasteiger charge is -2.19. The molecule has 1 aromatic heterocycles. The van der Waals surface area contributed by atoms with Crippen LogP contribution < -0.4 is 5.56 Å². The monoisotopic (exact) mass is 272 g/mol. The number of benzene rings is 1. The molecule has 0 aliphatic carbocycles. The molecule has 0 unspecified atom stereocenters. The second kappa shape index (κ2) is 5.12. The smallest absolute Gasteiger partial charge is 0.259 e. The van der Waals surface area contributed by atoms with E-state index >= 15 is 0 Å². The fraction of sp³-hybridized carbons (Fsp3) is 0.375. The van der Waals surface area contributed by atoms with Crippen molar-refractivity contribution in [2.24, 2.45) is 0 Å². The minimum absolute atomic E-state index is 0.00573. The van der Waals surface area contributed by atoms with Crippen LogP contribution in [0.3, 0.4) is 0 Å². The molecule has 1 heterocycles. The zero-order chi connectivity index (χ0) is 14.9. The van der Waals surface area contributed by atoms with Crippen LogP contribution in [0.2, 0.25) is 0 Å². The van der Waals surface area contributed by atoms with E-state index in [1.165, 1.54) is 0 Å². The van der Waals surface area contributed by atoms with E-state index in [-0.39, 0.29) is 11.0 Å². The van der Waals surface area contributed by atoms with Crippen molar-refractivity contribution in [3.8, 4) is 0 Å². The lowest BCUT2D eigenvalue weighted by Crippen LogP contribution is -2.15. The molecular weight excluding hydrogens is 252 g/mol. The van der Waals surface area contributed by atoms with Crippen molar-refractivity contribution in [1.82, 2.24) is 9.97 Å². The van der Waals surface area contributed by atoms with Crippen LogP contribution in [-0.2, 0) is 10.2 Å². The number of nitrogens with one attached hydrogen (secondary N) is 1. The van der Waals surface area contributed by atoms with Crippen LogP contribution in [0, 0.1) is 0 Å². The molecule has 0 aliphatic rings. The summed E-state index contributed by atoms with van der Waals surface area (Å²) in [5, 5.41) is 0.588. The predicted octanol–water partition coefficient (Wildman–Crippen LogP) is 3.23. The first-order valence-corrected chi connectivity index (χ1v) is 6.69. The van der Waals surface area contributed by atoms with Crippen LogP contribution in [0.4, 0.5) is 0 Å². The average Bonchev–Trinajstić information content (AvgIpc) is 2.37. The highest BCUT2D eigenvalue weighted by molar-refractivity contribution is 5.79. The summed E-state index contributed by atoms with van der Waals surface area (Å²) in [5.74, 6) is 0.763. The SMILES string of the molecule is C=C(OCC)c1nc2ccc(C(C)(C)C)cc2c(=O)[nH]1. The van der Waals surface area contributed by atoms with E-state index in [4.69, 9.17) is 4.74 Å². The second-order valence-corrected chi connectivity index (χ2v) is 5.75. The number of hydrogen-bond acceptors (Lipinski definition) is 3. The van der Waals surface area contributed by atoms with Gasteiger partial charge in [0.25, 0.3) is 5.56 Å². The molecule has 1 aromatic carbocycles. The first-order chi connectivity index (χ1) is 9.32. The van der Waals surface area contributed by atoms with Crippen molar-refractivity contribution < 1.29 is 4.74 Å². The van der Waals surface area contributed by atoms with Gasteiger partial charge in [0.15, 0.2) is 11.6 Å². The van der Waals surface area contributed by atoms with Gasteiger partial charge in [0.1, 0.15) is 0 Å². The fourth-order valence-electron chi connectivity index (χ4n) is 1.98. The Labute approximate surface area is 118 Å². The van der Waals surface area contributed by atoms with Crippen molar-refractivity contribution in [2.75, 3.05) is 6.61 Å². The lowest BCUT2D eigenvalue weighted by molar-refractivity contribution is 0.296. The van der Waals surface area contributed by atoms with Crippen molar-refractivity contribution in [3.63, 3.8) is 0 Å². The van der Waals surface area contributed by atoms with E-state index < -0.39 is 0 Å². The van der Waals surface area contributed by atoms with Crippen molar-refractivity contribution >= 4 is 16.7 Å². The number of H-pyrrole nitrogens is 1. The molecule has 0 radical (unpaired) electrons. The van der Waals surface area contributed by atoms with Crippen LogP contribution in [0.5, 0.6) is 0 Å². The van der Waals surface area contributed by atoms with Crippen molar-refractivity contribution in [1.29, 1.82) is 0 Å². The van der Waals surface area contributed by atoms with E-state index in [2.05, 4.69) is 37.3 Å². The molecule has 4 nitrogen and oxygen atoms in total. The van der Waals surface area contributed by atoms with Gasteiger partial charge in [-0.1, -0.05) is 33.4 Å². The summed E-state index contributed by atoms with van der Waals surface area (Å²) in [6, 6.07) is 5.77. The number of ether oxygens (including phenoxy) is 1. The minimum Gasteiger partial charge on any atom is -0.491 e. The summed E-state index contributed by atoms with van der Waals surface area (Å²) in [7, 11) is 0. The molecular formula is C16H20N2O2. The molecule has 0 saturated heterocycles. The zero-order valence-corrected chi connectivity index (χ0v) is 12.4. The average molecular weight is 272 g/mol. The van der Waals surface area contributed by atoms with Crippen LogP contribution >= 0.6 is 0 Å². The van der Waals surface area contributed by atoms with Gasteiger partial charge in [-0.2, -0.15) is 0 Å². The van der Waals surface area contributed by atoms with Gasteiger partial charge in [-0.05, 0) is 30.0 Å². The van der Waals surface area contributed by atoms with Crippen molar-refractivity contribution in [3.05, 3.63) is 46.5 Å². The third-order valence-corrected chi connectivity index (χ3v) is 3.15. The van der Waals surface area contributed by atoms with Gasteiger partial charge in [0.05, 0.1) is 17.5 Å². The number of nitrogens with zero attached hydrogens (tertiary/aromatic N) is 1. The Bertz CT molecular complexity index is 708. The van der Waals surface area contributed by atoms with Crippen molar-refractivity contribution in [2.45, 2.75) is 33.1 Å². The summed E-state index contributed by atoms with van der Waals surface area (Å²) in [6.45, 7) is 12.5. The number of rotatable bonds is 3. The summed E-state index contributed by atoms with van der Waals surface area (Å²) in [5.41, 5.74) is 1.58. The first kappa shape index (κ1) is 14.3. The van der Waals surface area contributed by atoms with Crippen LogP contribution in [0.1, 0.15) is 39.1 Å². The summed E-state index contributed by atoms with van der Waals surface area (Å²) < 4.78 is 5.28. The number of aromatic nitrogens is 2. The Kier molecular flexibility index (Phi) is 3.66. The Morgan fingerprint density at radius 3 is 2.70 bits per heavy atom. The van der Waals surface area contributed by atoms with Gasteiger partial charge in [-0.3, -0.25) is 4.79 Å². The maximum Gasteiger partial charge on any atom is 0.259 e. The highest BCUT2D eigenvalue weighted by Crippen LogP contribution is 2.24. The molecule has 0 amide bonds. The maximum absolute atomic E-state index is 12.2. The standard InChI is InChI=1S/C16H20N2O2/c1-6-20-10(2)14-17-13-8-7-11(16(3,4)5)9-12(13)15(19)18-14/h7-9H,2,6H2,1,3-5H3,(H,17,18,19).